The number of fused-ring (bicyclic) bond motifs is 8. The van der Waals surface area contributed by atoms with Crippen molar-refractivity contribution in [1.29, 1.82) is 0 Å². The van der Waals surface area contributed by atoms with Crippen molar-refractivity contribution in [2.75, 3.05) is 0 Å². The van der Waals surface area contributed by atoms with Gasteiger partial charge in [0.15, 0.2) is 17.5 Å². The van der Waals surface area contributed by atoms with Crippen LogP contribution in [0.2, 0.25) is 0 Å². The summed E-state index contributed by atoms with van der Waals surface area (Å²) in [5, 5.41) is 7.30. The van der Waals surface area contributed by atoms with Crippen molar-refractivity contribution >= 4 is 76.5 Å². The third-order valence-electron chi connectivity index (χ3n) is 11.8. The number of para-hydroxylation sites is 3. The minimum atomic E-state index is 0.639. The average molecular weight is 727 g/mol. The number of hydrogen-bond acceptors (Lipinski definition) is 3. The van der Waals surface area contributed by atoms with E-state index in [2.05, 4.69) is 159 Å². The Kier molecular flexibility index (Phi) is 6.07. The molecular formula is C51H30N6. The van der Waals surface area contributed by atoms with E-state index in [4.69, 9.17) is 15.0 Å². The molecule has 0 N–H and O–H groups in total. The van der Waals surface area contributed by atoms with Gasteiger partial charge in [-0.3, -0.25) is 0 Å². The molecule has 0 amide bonds. The lowest BCUT2D eigenvalue weighted by molar-refractivity contribution is 1.07. The lowest BCUT2D eigenvalue weighted by Crippen LogP contribution is -2.00. The molecule has 0 aliphatic rings. The van der Waals surface area contributed by atoms with E-state index < -0.39 is 0 Å². The van der Waals surface area contributed by atoms with Gasteiger partial charge < -0.3 is 13.4 Å². The molecule has 0 spiro atoms. The maximum absolute atomic E-state index is 5.11. The molecule has 0 fully saturated rings. The second-order valence-corrected chi connectivity index (χ2v) is 14.8. The first-order valence-corrected chi connectivity index (χ1v) is 19.3. The molecule has 0 unspecified atom stereocenters. The Morgan fingerprint density at radius 2 is 0.807 bits per heavy atom. The zero-order valence-corrected chi connectivity index (χ0v) is 30.5. The van der Waals surface area contributed by atoms with E-state index in [0.717, 1.165) is 44.3 Å². The number of nitrogens with zero attached hydrogens (tertiary/aromatic N) is 6. The van der Waals surface area contributed by atoms with Crippen LogP contribution in [0.15, 0.2) is 182 Å². The highest BCUT2D eigenvalue weighted by Gasteiger charge is 2.25. The highest BCUT2D eigenvalue weighted by Crippen LogP contribution is 2.45. The van der Waals surface area contributed by atoms with Gasteiger partial charge in [-0.05, 0) is 60.7 Å². The number of rotatable bonds is 4. The second-order valence-electron chi connectivity index (χ2n) is 14.8. The maximum Gasteiger partial charge on any atom is 0.164 e. The van der Waals surface area contributed by atoms with E-state index in [1.165, 1.54) is 54.5 Å². The minimum absolute atomic E-state index is 0.639. The Balaban J connectivity index is 1.20. The summed E-state index contributed by atoms with van der Waals surface area (Å²) >= 11 is 0. The molecule has 0 aliphatic heterocycles. The van der Waals surface area contributed by atoms with Gasteiger partial charge in [0.25, 0.3) is 0 Å². The fourth-order valence-electron chi connectivity index (χ4n) is 9.43. The van der Waals surface area contributed by atoms with Crippen molar-refractivity contribution in [3.63, 3.8) is 0 Å². The Bertz CT molecular complexity index is 3670. The maximum atomic E-state index is 5.11. The fraction of sp³-hybridized carbons (Fsp3) is 0. The second kappa shape index (κ2) is 11.4. The molecule has 264 valence electrons. The monoisotopic (exact) mass is 726 g/mol. The lowest BCUT2D eigenvalue weighted by atomic mass is 10.1. The summed E-state index contributed by atoms with van der Waals surface area (Å²) in [6.07, 6.45) is 0. The van der Waals surface area contributed by atoms with Gasteiger partial charge in [-0.2, -0.15) is 0 Å². The van der Waals surface area contributed by atoms with Gasteiger partial charge in [0.1, 0.15) is 0 Å². The SMILES string of the molecule is c1ccc(-c2nc(-c3ccccc3)nc(-c3ccc4c(c3)c3cccc5c3n4c3cccc4c3c3c(ccc6c7ccccc7n5c63)n4-c3ccccc3)n2)cc1. The van der Waals surface area contributed by atoms with E-state index in [-0.39, 0.29) is 0 Å². The molecule has 0 atom stereocenters. The van der Waals surface area contributed by atoms with Gasteiger partial charge >= 0.3 is 0 Å². The fourth-order valence-corrected chi connectivity index (χ4v) is 9.43. The van der Waals surface area contributed by atoms with Gasteiger partial charge in [-0.15, -0.1) is 0 Å². The summed E-state index contributed by atoms with van der Waals surface area (Å²) in [5.41, 5.74) is 13.4. The lowest BCUT2D eigenvalue weighted by Gasteiger charge is -2.10. The van der Waals surface area contributed by atoms with Crippen LogP contribution in [0.3, 0.4) is 0 Å². The molecule has 57 heavy (non-hydrogen) atoms. The highest BCUT2D eigenvalue weighted by atomic mass is 15.0. The first-order chi connectivity index (χ1) is 28.3. The molecule has 5 aromatic heterocycles. The molecule has 0 aliphatic carbocycles. The topological polar surface area (TPSA) is 52.4 Å². The van der Waals surface area contributed by atoms with Crippen molar-refractivity contribution in [3.05, 3.63) is 182 Å². The molecule has 13 aromatic rings. The molecule has 6 nitrogen and oxygen atoms in total. The van der Waals surface area contributed by atoms with Crippen LogP contribution in [0.5, 0.6) is 0 Å². The molecule has 0 saturated carbocycles. The Morgan fingerprint density at radius 1 is 0.298 bits per heavy atom. The van der Waals surface area contributed by atoms with Crippen LogP contribution in [0.4, 0.5) is 0 Å². The first-order valence-electron chi connectivity index (χ1n) is 19.3. The Morgan fingerprint density at radius 3 is 1.56 bits per heavy atom. The third kappa shape index (κ3) is 4.16. The van der Waals surface area contributed by atoms with Crippen LogP contribution < -0.4 is 0 Å². The normalized spacial score (nSPS) is 12.2. The van der Waals surface area contributed by atoms with E-state index in [0.29, 0.717) is 17.5 Å². The van der Waals surface area contributed by atoms with E-state index in [1.807, 2.05) is 36.4 Å². The minimum Gasteiger partial charge on any atom is -0.309 e. The highest BCUT2D eigenvalue weighted by molar-refractivity contribution is 6.31. The van der Waals surface area contributed by atoms with Gasteiger partial charge in [-0.25, -0.2) is 15.0 Å². The van der Waals surface area contributed by atoms with Crippen LogP contribution in [0.1, 0.15) is 0 Å². The molecule has 8 aromatic carbocycles. The van der Waals surface area contributed by atoms with Crippen molar-refractivity contribution in [3.8, 4) is 39.9 Å². The molecule has 0 radical (unpaired) electrons. The molecule has 0 saturated heterocycles. The summed E-state index contributed by atoms with van der Waals surface area (Å²) in [4.78, 5) is 15.2. The van der Waals surface area contributed by atoms with E-state index in [1.54, 1.807) is 0 Å². The number of aromatic nitrogens is 6. The smallest absolute Gasteiger partial charge is 0.164 e. The van der Waals surface area contributed by atoms with Crippen LogP contribution in [0, 0.1) is 0 Å². The third-order valence-corrected chi connectivity index (χ3v) is 11.8. The summed E-state index contributed by atoms with van der Waals surface area (Å²) in [7, 11) is 0. The molecule has 6 heteroatoms. The van der Waals surface area contributed by atoms with E-state index >= 15 is 0 Å². The van der Waals surface area contributed by atoms with Gasteiger partial charge in [0, 0.05) is 54.7 Å². The molecular weight excluding hydrogens is 697 g/mol. The summed E-state index contributed by atoms with van der Waals surface area (Å²) in [5.74, 6) is 1.94. The predicted octanol–water partition coefficient (Wildman–Crippen LogP) is 12.5. The Hall–Kier alpha value is -7.83. The summed E-state index contributed by atoms with van der Waals surface area (Å²) in [6, 6.07) is 64.8. The molecule has 0 bridgehead atoms. The number of benzene rings is 8. The van der Waals surface area contributed by atoms with Crippen molar-refractivity contribution in [2.24, 2.45) is 0 Å². The predicted molar refractivity (Wildman–Crippen MR) is 234 cm³/mol. The molecule has 5 heterocycles. The zero-order chi connectivity index (χ0) is 37.2. The van der Waals surface area contributed by atoms with E-state index in [9.17, 15) is 0 Å². The first kappa shape index (κ1) is 30.5. The molecule has 13 rings (SSSR count). The largest absolute Gasteiger partial charge is 0.309 e. The quantitative estimate of drug-likeness (QED) is 0.181. The summed E-state index contributed by atoms with van der Waals surface area (Å²) < 4.78 is 7.44. The summed E-state index contributed by atoms with van der Waals surface area (Å²) in [6.45, 7) is 0. The van der Waals surface area contributed by atoms with Crippen molar-refractivity contribution in [1.82, 2.24) is 28.3 Å². The van der Waals surface area contributed by atoms with Crippen molar-refractivity contribution in [2.45, 2.75) is 0 Å². The van der Waals surface area contributed by atoms with Crippen LogP contribution in [-0.2, 0) is 0 Å². The van der Waals surface area contributed by atoms with Crippen molar-refractivity contribution < 1.29 is 0 Å². The number of hydrogen-bond donors (Lipinski definition) is 0. The van der Waals surface area contributed by atoms with Crippen LogP contribution in [-0.4, -0.2) is 28.3 Å². The van der Waals surface area contributed by atoms with Gasteiger partial charge in [-0.1, -0.05) is 121 Å². The van der Waals surface area contributed by atoms with Gasteiger partial charge in [0.05, 0.1) is 44.1 Å². The van der Waals surface area contributed by atoms with Crippen LogP contribution >= 0.6 is 0 Å². The van der Waals surface area contributed by atoms with Crippen LogP contribution in [0.25, 0.3) is 116 Å². The zero-order valence-electron chi connectivity index (χ0n) is 30.5. The Labute approximate surface area is 325 Å². The van der Waals surface area contributed by atoms with Gasteiger partial charge in [0.2, 0.25) is 0 Å². The average Bonchev–Trinajstić information content (AvgIpc) is 3.92. The standard InChI is InChI=1S/C51H30N6/c1-4-14-31(15-5-1)49-52-50(32-16-6-2-7-17-32)54-51(53-49)33-26-28-40-38(30-33)36-21-12-25-44-47(36)56(40)42-24-13-23-41-45(42)46-43(55(41)34-18-8-3-9-19-34)29-27-37-35-20-10-11-22-39(35)57(44)48(37)46/h1-30H.